The third-order valence-electron chi connectivity index (χ3n) is 3.72. The molecule has 8 heteroatoms. The number of sulfonamides is 1. The lowest BCUT2D eigenvalue weighted by Crippen LogP contribution is -2.24. The van der Waals surface area contributed by atoms with Crippen molar-refractivity contribution in [3.05, 3.63) is 42.5 Å². The summed E-state index contributed by atoms with van der Waals surface area (Å²) in [6.45, 7) is 4.01. The van der Waals surface area contributed by atoms with Gasteiger partial charge in [-0.3, -0.25) is 4.68 Å². The number of fused-ring (bicyclic) bond motifs is 1. The van der Waals surface area contributed by atoms with Gasteiger partial charge < -0.3 is 4.57 Å². The molecule has 0 spiro atoms. The molecule has 122 valence electrons. The van der Waals surface area contributed by atoms with Crippen LogP contribution in [0.5, 0.6) is 0 Å². The van der Waals surface area contributed by atoms with Crippen LogP contribution in [0, 0.1) is 0 Å². The lowest BCUT2D eigenvalue weighted by Gasteiger charge is -2.06. The Morgan fingerprint density at radius 2 is 2.00 bits per heavy atom. The van der Waals surface area contributed by atoms with E-state index in [-0.39, 0.29) is 17.5 Å². The fourth-order valence-corrected chi connectivity index (χ4v) is 3.26. The van der Waals surface area contributed by atoms with Crippen LogP contribution in [0.25, 0.3) is 11.0 Å². The van der Waals surface area contributed by atoms with E-state index in [0.717, 1.165) is 11.0 Å². The van der Waals surface area contributed by atoms with Gasteiger partial charge in [0, 0.05) is 19.3 Å². The number of nitrogens with zero attached hydrogens (tertiary/aromatic N) is 4. The summed E-state index contributed by atoms with van der Waals surface area (Å²) in [5.74, 6) is 0.658. The summed E-state index contributed by atoms with van der Waals surface area (Å²) >= 11 is 0. The van der Waals surface area contributed by atoms with Crippen molar-refractivity contribution in [2.45, 2.75) is 31.3 Å². The number of hydrogen-bond donors (Lipinski definition) is 1. The maximum atomic E-state index is 12.4. The zero-order valence-corrected chi connectivity index (χ0v) is 14.1. The van der Waals surface area contributed by atoms with Crippen molar-refractivity contribution in [1.29, 1.82) is 0 Å². The first-order chi connectivity index (χ1) is 10.9. The number of aryl methyl sites for hydroxylation is 1. The Hall–Kier alpha value is -2.19. The van der Waals surface area contributed by atoms with Crippen molar-refractivity contribution in [2.75, 3.05) is 0 Å². The van der Waals surface area contributed by atoms with Gasteiger partial charge in [-0.05, 0) is 26.0 Å². The van der Waals surface area contributed by atoms with E-state index in [1.807, 2.05) is 49.7 Å². The molecular formula is C15H19N5O2S. The second-order valence-electron chi connectivity index (χ2n) is 5.65. The molecule has 3 aromatic rings. The highest BCUT2D eigenvalue weighted by Crippen LogP contribution is 2.15. The van der Waals surface area contributed by atoms with E-state index in [1.165, 1.54) is 12.4 Å². The number of imidazole rings is 1. The Balaban J connectivity index is 1.81. The van der Waals surface area contributed by atoms with Crippen molar-refractivity contribution in [3.8, 4) is 0 Å². The normalized spacial score (nSPS) is 12.3. The predicted octanol–water partition coefficient (Wildman–Crippen LogP) is 1.83. The van der Waals surface area contributed by atoms with Crippen molar-refractivity contribution >= 4 is 21.1 Å². The molecule has 0 aliphatic carbocycles. The number of benzene rings is 1. The van der Waals surface area contributed by atoms with E-state index in [0.29, 0.717) is 5.82 Å². The van der Waals surface area contributed by atoms with E-state index in [4.69, 9.17) is 0 Å². The van der Waals surface area contributed by atoms with E-state index >= 15 is 0 Å². The predicted molar refractivity (Wildman–Crippen MR) is 87.4 cm³/mol. The zero-order valence-electron chi connectivity index (χ0n) is 13.3. The molecule has 1 N–H and O–H groups in total. The van der Waals surface area contributed by atoms with E-state index < -0.39 is 10.0 Å². The summed E-state index contributed by atoms with van der Waals surface area (Å²) in [5, 5.41) is 4.07. The maximum Gasteiger partial charge on any atom is 0.244 e. The number of aromatic nitrogens is 4. The van der Waals surface area contributed by atoms with Crippen LogP contribution in [0.1, 0.15) is 25.7 Å². The average Bonchev–Trinajstić information content (AvgIpc) is 3.12. The summed E-state index contributed by atoms with van der Waals surface area (Å²) in [4.78, 5) is 4.61. The van der Waals surface area contributed by atoms with Gasteiger partial charge in [-0.2, -0.15) is 5.10 Å². The molecule has 0 aliphatic heterocycles. The molecule has 0 atom stereocenters. The standard InChI is InChI=1S/C15H19N5O2S/c1-11(2)20-10-12(8-16-20)23(21,22)17-9-15-18-13-6-4-5-7-14(13)19(15)3/h4-8,10-11,17H,9H2,1-3H3. The smallest absolute Gasteiger partial charge is 0.244 e. The molecule has 0 radical (unpaired) electrons. The largest absolute Gasteiger partial charge is 0.330 e. The summed E-state index contributed by atoms with van der Waals surface area (Å²) in [6, 6.07) is 7.80. The lowest BCUT2D eigenvalue weighted by atomic mass is 10.3. The molecular weight excluding hydrogens is 314 g/mol. The van der Waals surface area contributed by atoms with Crippen LogP contribution in [0.2, 0.25) is 0 Å². The van der Waals surface area contributed by atoms with Gasteiger partial charge in [-0.25, -0.2) is 18.1 Å². The molecule has 0 fully saturated rings. The SMILES string of the molecule is CC(C)n1cc(S(=O)(=O)NCc2nc3ccccc3n2C)cn1. The summed E-state index contributed by atoms with van der Waals surface area (Å²) < 4.78 is 30.8. The van der Waals surface area contributed by atoms with Crippen molar-refractivity contribution in [2.24, 2.45) is 7.05 Å². The van der Waals surface area contributed by atoms with Crippen LogP contribution in [0.15, 0.2) is 41.6 Å². The number of rotatable bonds is 5. The Morgan fingerprint density at radius 1 is 1.26 bits per heavy atom. The van der Waals surface area contributed by atoms with E-state index in [2.05, 4.69) is 14.8 Å². The fourth-order valence-electron chi connectivity index (χ4n) is 2.34. The van der Waals surface area contributed by atoms with Gasteiger partial charge in [-0.15, -0.1) is 0 Å². The molecule has 2 aromatic heterocycles. The number of nitrogens with one attached hydrogen (secondary N) is 1. The highest BCUT2D eigenvalue weighted by molar-refractivity contribution is 7.89. The number of para-hydroxylation sites is 2. The van der Waals surface area contributed by atoms with E-state index in [1.54, 1.807) is 4.68 Å². The summed E-state index contributed by atoms with van der Waals surface area (Å²) in [5.41, 5.74) is 1.81. The molecule has 1 aromatic carbocycles. The van der Waals surface area contributed by atoms with Gasteiger partial charge in [0.2, 0.25) is 10.0 Å². The van der Waals surface area contributed by atoms with Crippen molar-refractivity contribution in [3.63, 3.8) is 0 Å². The molecule has 0 saturated heterocycles. The molecule has 7 nitrogen and oxygen atoms in total. The van der Waals surface area contributed by atoms with Gasteiger partial charge in [-0.1, -0.05) is 12.1 Å². The summed E-state index contributed by atoms with van der Waals surface area (Å²) in [7, 11) is -1.74. The van der Waals surface area contributed by atoms with Crippen molar-refractivity contribution in [1.82, 2.24) is 24.1 Å². The molecule has 23 heavy (non-hydrogen) atoms. The third kappa shape index (κ3) is 2.99. The topological polar surface area (TPSA) is 81.8 Å². The third-order valence-corrected chi connectivity index (χ3v) is 5.07. The Kier molecular flexibility index (Phi) is 3.95. The maximum absolute atomic E-state index is 12.4. The molecule has 0 bridgehead atoms. The van der Waals surface area contributed by atoms with Gasteiger partial charge >= 0.3 is 0 Å². The lowest BCUT2D eigenvalue weighted by molar-refractivity contribution is 0.531. The first-order valence-electron chi connectivity index (χ1n) is 7.32. The second kappa shape index (κ2) is 5.78. The van der Waals surface area contributed by atoms with Crippen LogP contribution in [0.4, 0.5) is 0 Å². The molecule has 0 saturated carbocycles. The quantitative estimate of drug-likeness (QED) is 0.772. The van der Waals surface area contributed by atoms with Crippen LogP contribution in [-0.4, -0.2) is 27.7 Å². The fraction of sp³-hybridized carbons (Fsp3) is 0.333. The Labute approximate surface area is 135 Å². The minimum absolute atomic E-state index is 0.110. The highest BCUT2D eigenvalue weighted by atomic mass is 32.2. The van der Waals surface area contributed by atoms with Crippen LogP contribution < -0.4 is 4.72 Å². The first-order valence-corrected chi connectivity index (χ1v) is 8.81. The highest BCUT2D eigenvalue weighted by Gasteiger charge is 2.18. The minimum atomic E-state index is -3.61. The van der Waals surface area contributed by atoms with Crippen LogP contribution in [-0.2, 0) is 23.6 Å². The summed E-state index contributed by atoms with van der Waals surface area (Å²) in [6.07, 6.45) is 2.89. The van der Waals surface area contributed by atoms with E-state index in [9.17, 15) is 8.42 Å². The van der Waals surface area contributed by atoms with Gasteiger partial charge in [0.15, 0.2) is 0 Å². The second-order valence-corrected chi connectivity index (χ2v) is 7.42. The van der Waals surface area contributed by atoms with Gasteiger partial charge in [0.25, 0.3) is 0 Å². The average molecular weight is 333 g/mol. The molecule has 3 rings (SSSR count). The Bertz CT molecular complexity index is 940. The van der Waals surface area contributed by atoms with Crippen LogP contribution in [0.3, 0.4) is 0 Å². The monoisotopic (exact) mass is 333 g/mol. The number of hydrogen-bond acceptors (Lipinski definition) is 4. The molecule has 2 heterocycles. The Morgan fingerprint density at radius 3 is 2.65 bits per heavy atom. The molecule has 0 aliphatic rings. The molecule has 0 unspecified atom stereocenters. The molecule has 0 amide bonds. The zero-order chi connectivity index (χ0) is 16.6. The van der Waals surface area contributed by atoms with Gasteiger partial charge in [0.05, 0.1) is 23.8 Å². The van der Waals surface area contributed by atoms with Gasteiger partial charge in [0.1, 0.15) is 10.7 Å². The van der Waals surface area contributed by atoms with Crippen molar-refractivity contribution < 1.29 is 8.42 Å². The minimum Gasteiger partial charge on any atom is -0.330 e. The van der Waals surface area contributed by atoms with Crippen LogP contribution >= 0.6 is 0 Å². The first kappa shape index (κ1) is 15.7.